The maximum Gasteiger partial charge on any atom is 0.191 e. The Morgan fingerprint density at radius 2 is 2.00 bits per heavy atom. The van der Waals surface area contributed by atoms with Crippen LogP contribution in [-0.2, 0) is 4.43 Å². The smallest absolute Gasteiger partial charge is 0.191 e. The summed E-state index contributed by atoms with van der Waals surface area (Å²) < 4.78 is 18.6. The monoisotopic (exact) mass is 256 g/mol. The summed E-state index contributed by atoms with van der Waals surface area (Å²) in [5.41, 5.74) is 0. The van der Waals surface area contributed by atoms with Gasteiger partial charge in [0, 0.05) is 0 Å². The van der Waals surface area contributed by atoms with E-state index in [0.717, 1.165) is 0 Å². The van der Waals surface area contributed by atoms with Crippen LogP contribution in [0.3, 0.4) is 0 Å². The predicted molar refractivity (Wildman–Crippen MR) is 57.0 cm³/mol. The third-order valence-electron chi connectivity index (χ3n) is 1.64. The van der Waals surface area contributed by atoms with Gasteiger partial charge in [0.1, 0.15) is 0 Å². The molecule has 0 N–H and O–H groups in total. The molecular formula is C8H18BrFOSi. The Bertz CT molecular complexity index is 130. The fraction of sp³-hybridized carbons (Fsp3) is 1.00. The van der Waals surface area contributed by atoms with Crippen molar-refractivity contribution in [2.24, 2.45) is 0 Å². The van der Waals surface area contributed by atoms with Crippen LogP contribution < -0.4 is 0 Å². The number of hydrogen-bond acceptors (Lipinski definition) is 1. The number of hydrogen-bond donors (Lipinski definition) is 0. The summed E-state index contributed by atoms with van der Waals surface area (Å²) in [5.74, 6) is 0. The van der Waals surface area contributed by atoms with E-state index >= 15 is 0 Å². The third-order valence-corrected chi connectivity index (χ3v) is 4.59. The summed E-state index contributed by atoms with van der Waals surface area (Å²) >= 11 is 3.31. The molecule has 0 spiro atoms. The molecule has 0 saturated carbocycles. The maximum absolute atomic E-state index is 13.0. The summed E-state index contributed by atoms with van der Waals surface area (Å²) in [6.45, 7) is 7.89. The lowest BCUT2D eigenvalue weighted by atomic mass is 10.3. The van der Waals surface area contributed by atoms with Crippen molar-refractivity contribution in [2.75, 3.05) is 0 Å². The van der Waals surface area contributed by atoms with Gasteiger partial charge >= 0.3 is 0 Å². The van der Waals surface area contributed by atoms with E-state index in [4.69, 9.17) is 4.43 Å². The summed E-state index contributed by atoms with van der Waals surface area (Å²) in [7, 11) is -1.77. The van der Waals surface area contributed by atoms with Gasteiger partial charge in [0.25, 0.3) is 0 Å². The molecule has 1 nitrogen and oxygen atoms in total. The Hall–Kier alpha value is 0.587. The zero-order valence-corrected chi connectivity index (χ0v) is 10.8. The molecule has 74 valence electrons. The standard InChI is InChI=1S/C8H18BrFOSi/c1-5-8(10)6-12(3,4)11-7(2)9/h7-8H,5-6H2,1-4H3. The molecule has 2 unspecified atom stereocenters. The van der Waals surface area contributed by atoms with Gasteiger partial charge in [-0.1, -0.05) is 22.9 Å². The second kappa shape index (κ2) is 5.35. The minimum atomic E-state index is -1.77. The van der Waals surface area contributed by atoms with Crippen LogP contribution in [0.15, 0.2) is 0 Å². The fourth-order valence-corrected chi connectivity index (χ4v) is 5.01. The normalized spacial score (nSPS) is 17.5. The van der Waals surface area contributed by atoms with E-state index in [0.29, 0.717) is 12.5 Å². The number of alkyl halides is 2. The van der Waals surface area contributed by atoms with Crippen molar-refractivity contribution in [2.45, 2.75) is 50.6 Å². The van der Waals surface area contributed by atoms with Crippen LogP contribution in [0, 0.1) is 0 Å². The lowest BCUT2D eigenvalue weighted by Crippen LogP contribution is -2.35. The van der Waals surface area contributed by atoms with Crippen molar-refractivity contribution in [3.8, 4) is 0 Å². The maximum atomic E-state index is 13.0. The van der Waals surface area contributed by atoms with Crippen LogP contribution in [0.4, 0.5) is 4.39 Å². The van der Waals surface area contributed by atoms with Crippen molar-refractivity contribution in [1.29, 1.82) is 0 Å². The van der Waals surface area contributed by atoms with Crippen molar-refractivity contribution >= 4 is 24.2 Å². The van der Waals surface area contributed by atoms with Crippen LogP contribution in [-0.4, -0.2) is 19.5 Å². The van der Waals surface area contributed by atoms with Crippen LogP contribution in [0.1, 0.15) is 20.3 Å². The van der Waals surface area contributed by atoms with Gasteiger partial charge in [0.2, 0.25) is 0 Å². The summed E-state index contributed by atoms with van der Waals surface area (Å²) in [5, 5.41) is 0.0447. The highest BCUT2D eigenvalue weighted by Gasteiger charge is 2.27. The van der Waals surface area contributed by atoms with Gasteiger partial charge in [-0.25, -0.2) is 4.39 Å². The van der Waals surface area contributed by atoms with E-state index in [2.05, 4.69) is 15.9 Å². The highest BCUT2D eigenvalue weighted by atomic mass is 79.9. The van der Waals surface area contributed by atoms with Gasteiger partial charge in [0.15, 0.2) is 8.32 Å². The SMILES string of the molecule is CCC(F)C[Si](C)(C)OC(C)Br. The lowest BCUT2D eigenvalue weighted by Gasteiger charge is -2.25. The van der Waals surface area contributed by atoms with E-state index in [1.165, 1.54) is 0 Å². The predicted octanol–water partition coefficient (Wildman–Crippen LogP) is 3.70. The highest BCUT2D eigenvalue weighted by molar-refractivity contribution is 9.09. The molecule has 0 rings (SSSR count). The molecule has 4 heteroatoms. The molecule has 12 heavy (non-hydrogen) atoms. The first-order valence-corrected chi connectivity index (χ1v) is 8.36. The highest BCUT2D eigenvalue weighted by Crippen LogP contribution is 2.21. The molecule has 0 radical (unpaired) electrons. The Balaban J connectivity index is 3.85. The Morgan fingerprint density at radius 1 is 1.50 bits per heavy atom. The molecule has 0 heterocycles. The minimum absolute atomic E-state index is 0.0447. The number of rotatable bonds is 5. The largest absolute Gasteiger partial charge is 0.405 e. The van der Waals surface area contributed by atoms with Gasteiger partial charge in [-0.05, 0) is 32.5 Å². The van der Waals surface area contributed by atoms with E-state index in [1.54, 1.807) is 0 Å². The van der Waals surface area contributed by atoms with E-state index < -0.39 is 14.5 Å². The van der Waals surface area contributed by atoms with Crippen LogP contribution in [0.25, 0.3) is 0 Å². The van der Waals surface area contributed by atoms with Gasteiger partial charge in [-0.3, -0.25) is 0 Å². The first-order valence-electron chi connectivity index (χ1n) is 4.33. The van der Waals surface area contributed by atoms with Gasteiger partial charge in [-0.2, -0.15) is 0 Å². The molecule has 0 aromatic heterocycles. The molecule has 0 aromatic rings. The topological polar surface area (TPSA) is 9.23 Å². The molecule has 0 bridgehead atoms. The van der Waals surface area contributed by atoms with Crippen molar-refractivity contribution in [1.82, 2.24) is 0 Å². The quantitative estimate of drug-likeness (QED) is 0.539. The van der Waals surface area contributed by atoms with Crippen LogP contribution in [0.2, 0.25) is 19.1 Å². The summed E-state index contributed by atoms with van der Waals surface area (Å²) in [4.78, 5) is 0. The Labute approximate surface area is 83.9 Å². The van der Waals surface area contributed by atoms with Crippen molar-refractivity contribution in [3.05, 3.63) is 0 Å². The molecule has 0 amide bonds. The van der Waals surface area contributed by atoms with Crippen LogP contribution >= 0.6 is 15.9 Å². The van der Waals surface area contributed by atoms with E-state index in [9.17, 15) is 4.39 Å². The second-order valence-electron chi connectivity index (χ2n) is 3.63. The Morgan fingerprint density at radius 3 is 2.33 bits per heavy atom. The molecule has 0 aliphatic rings. The second-order valence-corrected chi connectivity index (χ2v) is 9.08. The minimum Gasteiger partial charge on any atom is -0.405 e. The molecule has 0 saturated heterocycles. The first kappa shape index (κ1) is 12.6. The average Bonchev–Trinajstić information content (AvgIpc) is 1.83. The third kappa shape index (κ3) is 6.14. The molecular weight excluding hydrogens is 239 g/mol. The molecule has 0 aromatic carbocycles. The van der Waals surface area contributed by atoms with Crippen LogP contribution in [0.5, 0.6) is 0 Å². The average molecular weight is 257 g/mol. The fourth-order valence-electron chi connectivity index (χ4n) is 1.17. The Kier molecular flexibility index (Phi) is 5.61. The van der Waals surface area contributed by atoms with E-state index in [1.807, 2.05) is 26.9 Å². The lowest BCUT2D eigenvalue weighted by molar-refractivity contribution is 0.279. The molecule has 2 atom stereocenters. The van der Waals surface area contributed by atoms with E-state index in [-0.39, 0.29) is 5.01 Å². The van der Waals surface area contributed by atoms with Gasteiger partial charge in [-0.15, -0.1) is 0 Å². The summed E-state index contributed by atoms with van der Waals surface area (Å²) in [6.07, 6.45) is -0.103. The molecule has 0 fully saturated rings. The van der Waals surface area contributed by atoms with Gasteiger partial charge < -0.3 is 4.43 Å². The zero-order chi connectivity index (χ0) is 9.78. The van der Waals surface area contributed by atoms with Gasteiger partial charge in [0.05, 0.1) is 11.2 Å². The number of halogens is 2. The van der Waals surface area contributed by atoms with Crippen molar-refractivity contribution < 1.29 is 8.82 Å². The molecule has 0 aliphatic heterocycles. The molecule has 0 aliphatic carbocycles. The van der Waals surface area contributed by atoms with Crippen molar-refractivity contribution in [3.63, 3.8) is 0 Å². The zero-order valence-electron chi connectivity index (χ0n) is 8.23. The first-order chi connectivity index (χ1) is 5.37. The summed E-state index contributed by atoms with van der Waals surface area (Å²) in [6, 6.07) is 0.597.